The number of hydrogen-bond donors (Lipinski definition) is 0. The van der Waals surface area contributed by atoms with E-state index in [2.05, 4.69) is 21.2 Å². The zero-order chi connectivity index (χ0) is 22.5. The highest BCUT2D eigenvalue weighted by Crippen LogP contribution is 2.34. The highest BCUT2D eigenvalue weighted by Gasteiger charge is 2.36. The maximum absolute atomic E-state index is 13.0. The van der Waals surface area contributed by atoms with E-state index in [4.69, 9.17) is 9.51 Å². The lowest BCUT2D eigenvalue weighted by molar-refractivity contribution is -0.143. The van der Waals surface area contributed by atoms with Crippen LogP contribution in [-0.4, -0.2) is 55.4 Å². The van der Waals surface area contributed by atoms with E-state index in [-0.39, 0.29) is 19.0 Å². The number of alkyl halides is 3. The highest BCUT2D eigenvalue weighted by molar-refractivity contribution is 6.02. The van der Waals surface area contributed by atoms with E-state index in [1.807, 2.05) is 4.57 Å². The molecule has 1 saturated heterocycles. The van der Waals surface area contributed by atoms with Crippen LogP contribution in [0.2, 0.25) is 0 Å². The van der Waals surface area contributed by atoms with E-state index in [9.17, 15) is 18.4 Å². The number of hydrogen-bond acceptors (Lipinski definition) is 7. The molecule has 4 aromatic rings. The Morgan fingerprint density at radius 1 is 1.25 bits per heavy atom. The molecule has 0 saturated carbocycles. The first-order valence-electron chi connectivity index (χ1n) is 10.1. The Labute approximate surface area is 180 Å². The van der Waals surface area contributed by atoms with E-state index in [0.717, 1.165) is 10.9 Å². The van der Waals surface area contributed by atoms with E-state index in [0.29, 0.717) is 47.1 Å². The average molecular weight is 441 g/mol. The van der Waals surface area contributed by atoms with Crippen molar-refractivity contribution in [2.45, 2.75) is 32.0 Å². The summed E-state index contributed by atoms with van der Waals surface area (Å²) in [4.78, 5) is 14.8. The van der Waals surface area contributed by atoms with Gasteiger partial charge in [0.1, 0.15) is 11.3 Å². The molecule has 0 bridgehead atoms. The van der Waals surface area contributed by atoms with Gasteiger partial charge in [-0.05, 0) is 24.6 Å². The summed E-state index contributed by atoms with van der Waals surface area (Å²) < 4.78 is 45.9. The van der Waals surface area contributed by atoms with Crippen molar-refractivity contribution in [1.82, 2.24) is 29.6 Å². The highest BCUT2D eigenvalue weighted by atomic mass is 19.4. The summed E-state index contributed by atoms with van der Waals surface area (Å²) in [7, 11) is 0. The molecule has 3 aromatic heterocycles. The number of halogens is 3. The van der Waals surface area contributed by atoms with Crippen molar-refractivity contribution in [2.75, 3.05) is 19.6 Å². The Bertz CT molecular complexity index is 1350. The van der Waals surface area contributed by atoms with Crippen LogP contribution in [0.25, 0.3) is 21.9 Å². The fourth-order valence-electron chi connectivity index (χ4n) is 4.39. The SMILES string of the molecule is Cc1nc(Cc2nc3cnc4ccc(C#N)cc4c3n2[C@@H]2CCN(CC(F)(F)F)C2)no1. The number of nitriles is 1. The Kier molecular flexibility index (Phi) is 4.82. The van der Waals surface area contributed by atoms with Crippen LogP contribution in [0.5, 0.6) is 0 Å². The summed E-state index contributed by atoms with van der Waals surface area (Å²) in [6.07, 6.45) is -1.80. The minimum atomic E-state index is -4.25. The molecule has 1 aromatic carbocycles. The molecule has 0 unspecified atom stereocenters. The standard InChI is InChI=1S/C21H18F3N7O/c1-12-27-18(29-32-12)7-19-28-17-9-26-16-3-2-13(8-25)6-15(16)20(17)31(19)14-4-5-30(10-14)11-21(22,23)24/h2-3,6,9,14H,4-5,7,10-11H2,1H3/t14-/m1/s1. The smallest absolute Gasteiger partial charge is 0.340 e. The maximum atomic E-state index is 13.0. The maximum Gasteiger partial charge on any atom is 0.401 e. The van der Waals surface area contributed by atoms with Crippen molar-refractivity contribution >= 4 is 21.9 Å². The molecule has 1 atom stereocenters. The van der Waals surface area contributed by atoms with Gasteiger partial charge in [0.2, 0.25) is 5.89 Å². The monoisotopic (exact) mass is 441 g/mol. The number of nitrogens with zero attached hydrogens (tertiary/aromatic N) is 7. The molecule has 0 amide bonds. The Morgan fingerprint density at radius 2 is 2.09 bits per heavy atom. The molecule has 1 aliphatic rings. The largest absolute Gasteiger partial charge is 0.401 e. The number of likely N-dealkylation sites (tertiary alicyclic amines) is 1. The first-order chi connectivity index (χ1) is 15.3. The van der Waals surface area contributed by atoms with Crippen molar-refractivity contribution < 1.29 is 17.7 Å². The van der Waals surface area contributed by atoms with Gasteiger partial charge in [0.05, 0.1) is 41.8 Å². The molecular formula is C21H18F3N7O. The second kappa shape index (κ2) is 7.56. The molecule has 0 N–H and O–H groups in total. The normalized spacial score (nSPS) is 17.4. The molecule has 11 heteroatoms. The first kappa shape index (κ1) is 20.4. The fraction of sp³-hybridized carbons (Fsp3) is 0.381. The van der Waals surface area contributed by atoms with Crippen LogP contribution < -0.4 is 0 Å². The molecule has 0 spiro atoms. The van der Waals surface area contributed by atoms with Crippen LogP contribution in [0.4, 0.5) is 13.2 Å². The number of fused-ring (bicyclic) bond motifs is 3. The van der Waals surface area contributed by atoms with E-state index < -0.39 is 12.7 Å². The predicted octanol–water partition coefficient (Wildman–Crippen LogP) is 3.55. The Morgan fingerprint density at radius 3 is 2.81 bits per heavy atom. The molecule has 5 rings (SSSR count). The van der Waals surface area contributed by atoms with Gasteiger partial charge in [-0.25, -0.2) is 4.98 Å². The minimum Gasteiger partial charge on any atom is -0.340 e. The minimum absolute atomic E-state index is 0.221. The van der Waals surface area contributed by atoms with Gasteiger partial charge in [0.25, 0.3) is 0 Å². The average Bonchev–Trinajstić information content (AvgIpc) is 3.45. The fourth-order valence-corrected chi connectivity index (χ4v) is 4.39. The number of rotatable bonds is 4. The zero-order valence-electron chi connectivity index (χ0n) is 17.1. The van der Waals surface area contributed by atoms with Gasteiger partial charge in [-0.15, -0.1) is 0 Å². The van der Waals surface area contributed by atoms with Crippen LogP contribution in [0.15, 0.2) is 28.9 Å². The number of benzene rings is 1. The second-order valence-electron chi connectivity index (χ2n) is 7.93. The van der Waals surface area contributed by atoms with E-state index in [1.165, 1.54) is 4.90 Å². The molecule has 1 aliphatic heterocycles. The summed E-state index contributed by atoms with van der Waals surface area (Å²) in [6, 6.07) is 7.10. The van der Waals surface area contributed by atoms with Crippen LogP contribution in [0.3, 0.4) is 0 Å². The van der Waals surface area contributed by atoms with Crippen molar-refractivity contribution in [2.24, 2.45) is 0 Å². The number of imidazole rings is 1. The van der Waals surface area contributed by atoms with Gasteiger partial charge in [0.15, 0.2) is 5.82 Å². The van der Waals surface area contributed by atoms with Crippen LogP contribution in [0.1, 0.15) is 35.6 Å². The third kappa shape index (κ3) is 3.78. The van der Waals surface area contributed by atoms with Crippen molar-refractivity contribution in [3.05, 3.63) is 47.5 Å². The molecule has 0 radical (unpaired) electrons. The summed E-state index contributed by atoms with van der Waals surface area (Å²) in [6.45, 7) is 1.31. The summed E-state index contributed by atoms with van der Waals surface area (Å²) in [5, 5.41) is 14.0. The van der Waals surface area contributed by atoms with Crippen LogP contribution in [0, 0.1) is 18.3 Å². The van der Waals surface area contributed by atoms with Gasteiger partial charge in [-0.1, -0.05) is 5.16 Å². The quantitative estimate of drug-likeness (QED) is 0.478. The van der Waals surface area contributed by atoms with Crippen LogP contribution in [-0.2, 0) is 6.42 Å². The Balaban J connectivity index is 1.65. The molecule has 0 aliphatic carbocycles. The number of pyridine rings is 1. The first-order valence-corrected chi connectivity index (χ1v) is 10.1. The third-order valence-corrected chi connectivity index (χ3v) is 5.62. The van der Waals surface area contributed by atoms with Gasteiger partial charge < -0.3 is 9.09 Å². The predicted molar refractivity (Wildman–Crippen MR) is 108 cm³/mol. The molecular weight excluding hydrogens is 423 g/mol. The summed E-state index contributed by atoms with van der Waals surface area (Å²) in [5.74, 6) is 1.49. The number of aryl methyl sites for hydroxylation is 1. The molecule has 4 heterocycles. The lowest BCUT2D eigenvalue weighted by atomic mass is 10.1. The van der Waals surface area contributed by atoms with Crippen molar-refractivity contribution in [3.8, 4) is 6.07 Å². The van der Waals surface area contributed by atoms with Crippen LogP contribution >= 0.6 is 0 Å². The van der Waals surface area contributed by atoms with Gasteiger partial charge in [-0.3, -0.25) is 9.88 Å². The van der Waals surface area contributed by atoms with Crippen molar-refractivity contribution in [1.29, 1.82) is 5.26 Å². The molecule has 32 heavy (non-hydrogen) atoms. The van der Waals surface area contributed by atoms with Gasteiger partial charge in [0, 0.05) is 31.4 Å². The molecule has 1 fully saturated rings. The van der Waals surface area contributed by atoms with Gasteiger partial charge >= 0.3 is 6.18 Å². The lowest BCUT2D eigenvalue weighted by Crippen LogP contribution is -2.32. The summed E-state index contributed by atoms with van der Waals surface area (Å²) >= 11 is 0. The van der Waals surface area contributed by atoms with E-state index >= 15 is 0 Å². The molecule has 164 valence electrons. The van der Waals surface area contributed by atoms with Gasteiger partial charge in [-0.2, -0.15) is 23.4 Å². The topological polar surface area (TPSA) is 96.7 Å². The summed E-state index contributed by atoms with van der Waals surface area (Å²) in [5.41, 5.74) is 2.52. The number of aromatic nitrogens is 5. The second-order valence-corrected chi connectivity index (χ2v) is 7.93. The third-order valence-electron chi connectivity index (χ3n) is 5.62. The van der Waals surface area contributed by atoms with Crippen molar-refractivity contribution in [3.63, 3.8) is 0 Å². The molecule has 8 nitrogen and oxygen atoms in total. The lowest BCUT2D eigenvalue weighted by Gasteiger charge is -2.20. The zero-order valence-corrected chi connectivity index (χ0v) is 17.1. The Hall–Kier alpha value is -3.52. The van der Waals surface area contributed by atoms with E-state index in [1.54, 1.807) is 31.3 Å².